The maximum absolute atomic E-state index is 5.70. The second kappa shape index (κ2) is 4.84. The molecule has 0 fully saturated rings. The lowest BCUT2D eigenvalue weighted by Gasteiger charge is -1.98. The number of hydrogen-bond acceptors (Lipinski definition) is 1. The van der Waals surface area contributed by atoms with Crippen LogP contribution in [-0.4, -0.2) is 4.57 Å². The van der Waals surface area contributed by atoms with Crippen LogP contribution in [0, 0.1) is 0 Å². The summed E-state index contributed by atoms with van der Waals surface area (Å²) in [6, 6.07) is 7.96. The van der Waals surface area contributed by atoms with Gasteiger partial charge in [0.1, 0.15) is 18.9 Å². The third-order valence-electron chi connectivity index (χ3n) is 2.14. The Balaban J connectivity index is 0.00000112. The summed E-state index contributed by atoms with van der Waals surface area (Å²) in [5.41, 5.74) is 7.74. The molecule has 0 aliphatic carbocycles. The summed E-state index contributed by atoms with van der Waals surface area (Å²) in [5, 5.41) is 0. The van der Waals surface area contributed by atoms with Gasteiger partial charge < -0.3 is 18.1 Å². The minimum atomic E-state index is 0. The zero-order valence-electron chi connectivity index (χ0n) is 8.60. The number of anilines is 1. The van der Waals surface area contributed by atoms with Crippen LogP contribution in [0.4, 0.5) is 5.69 Å². The van der Waals surface area contributed by atoms with Gasteiger partial charge >= 0.3 is 0 Å². The van der Waals surface area contributed by atoms with E-state index < -0.39 is 0 Å². The van der Waals surface area contributed by atoms with Crippen molar-refractivity contribution < 1.29 is 17.0 Å². The normalized spacial score (nSPS) is 9.67. The molecule has 1 aromatic heterocycles. The standard InChI is InChI=1S/C11H14N3.ClH/c1-13-5-6-14(9-13)8-10-3-2-4-11(12)7-10;/h2-7,9H,8,12H2,1H3;1H/q+1;/p-1. The van der Waals surface area contributed by atoms with Crippen molar-refractivity contribution in [2.24, 2.45) is 7.05 Å². The number of aryl methyl sites for hydroxylation is 1. The van der Waals surface area contributed by atoms with Crippen molar-refractivity contribution in [1.29, 1.82) is 0 Å². The van der Waals surface area contributed by atoms with E-state index >= 15 is 0 Å². The molecular formula is C11H14ClN3. The number of rotatable bonds is 2. The minimum absolute atomic E-state index is 0. The zero-order chi connectivity index (χ0) is 9.97. The van der Waals surface area contributed by atoms with Crippen LogP contribution in [0.1, 0.15) is 5.56 Å². The number of nitrogens with two attached hydrogens (primary N) is 1. The lowest BCUT2D eigenvalue weighted by molar-refractivity contribution is -0.671. The van der Waals surface area contributed by atoms with Crippen molar-refractivity contribution >= 4 is 5.69 Å². The Labute approximate surface area is 95.6 Å². The third kappa shape index (κ3) is 2.99. The molecule has 0 saturated heterocycles. The Hall–Kier alpha value is -1.48. The highest BCUT2D eigenvalue weighted by Crippen LogP contribution is 2.07. The first-order valence-corrected chi connectivity index (χ1v) is 4.59. The lowest BCUT2D eigenvalue weighted by Crippen LogP contribution is -3.00. The predicted molar refractivity (Wildman–Crippen MR) is 55.6 cm³/mol. The zero-order valence-corrected chi connectivity index (χ0v) is 9.35. The SMILES string of the molecule is C[n+]1ccn(Cc2cccc(N)c2)c1.[Cl-]. The number of nitrogens with zero attached hydrogens (tertiary/aromatic N) is 2. The van der Waals surface area contributed by atoms with Crippen molar-refractivity contribution in [1.82, 2.24) is 4.57 Å². The molecule has 3 nitrogen and oxygen atoms in total. The smallest absolute Gasteiger partial charge is 0.243 e. The molecule has 2 N–H and O–H groups in total. The van der Waals surface area contributed by atoms with Gasteiger partial charge in [0, 0.05) is 5.69 Å². The van der Waals surface area contributed by atoms with Gasteiger partial charge in [0.05, 0.1) is 7.05 Å². The first-order valence-electron chi connectivity index (χ1n) is 4.59. The minimum Gasteiger partial charge on any atom is -1.00 e. The summed E-state index contributed by atoms with van der Waals surface area (Å²) < 4.78 is 4.14. The molecule has 0 unspecified atom stereocenters. The second-order valence-electron chi connectivity index (χ2n) is 3.50. The van der Waals surface area contributed by atoms with E-state index in [1.54, 1.807) is 0 Å². The Morgan fingerprint density at radius 2 is 2.20 bits per heavy atom. The highest BCUT2D eigenvalue weighted by molar-refractivity contribution is 5.40. The topological polar surface area (TPSA) is 34.8 Å². The summed E-state index contributed by atoms with van der Waals surface area (Å²) in [6.07, 6.45) is 6.11. The Morgan fingerprint density at radius 3 is 2.80 bits per heavy atom. The van der Waals surface area contributed by atoms with Gasteiger partial charge in [-0.15, -0.1) is 0 Å². The molecule has 0 amide bonds. The maximum Gasteiger partial charge on any atom is 0.243 e. The van der Waals surface area contributed by atoms with E-state index in [0.717, 1.165) is 12.2 Å². The molecule has 2 aromatic rings. The van der Waals surface area contributed by atoms with Crippen LogP contribution in [0.2, 0.25) is 0 Å². The van der Waals surface area contributed by atoms with E-state index in [-0.39, 0.29) is 12.4 Å². The Kier molecular flexibility index (Phi) is 3.74. The number of aromatic nitrogens is 2. The van der Waals surface area contributed by atoms with E-state index in [2.05, 4.69) is 10.6 Å². The number of hydrogen-bond donors (Lipinski definition) is 1. The van der Waals surface area contributed by atoms with Crippen LogP contribution < -0.4 is 22.7 Å². The van der Waals surface area contributed by atoms with E-state index in [4.69, 9.17) is 5.73 Å². The first-order chi connectivity index (χ1) is 6.74. The second-order valence-corrected chi connectivity index (χ2v) is 3.50. The fraction of sp³-hybridized carbons (Fsp3) is 0.182. The number of halogens is 1. The third-order valence-corrected chi connectivity index (χ3v) is 2.14. The molecule has 0 aliphatic rings. The number of nitrogen functional groups attached to an aromatic ring is 1. The average Bonchev–Trinajstić information content (AvgIpc) is 2.51. The molecule has 80 valence electrons. The molecule has 0 bridgehead atoms. The molecule has 1 heterocycles. The summed E-state index contributed by atoms with van der Waals surface area (Å²) in [7, 11) is 2.01. The van der Waals surface area contributed by atoms with Gasteiger partial charge in [0.15, 0.2) is 0 Å². The molecule has 15 heavy (non-hydrogen) atoms. The number of benzene rings is 1. The average molecular weight is 224 g/mol. The van der Waals surface area contributed by atoms with Crippen LogP contribution in [0.25, 0.3) is 0 Å². The Morgan fingerprint density at radius 1 is 1.40 bits per heavy atom. The Bertz CT molecular complexity index is 437. The molecule has 0 spiro atoms. The number of imidazole rings is 1. The molecule has 1 aromatic carbocycles. The molecule has 0 atom stereocenters. The maximum atomic E-state index is 5.70. The van der Waals surface area contributed by atoms with Crippen molar-refractivity contribution in [3.05, 3.63) is 48.5 Å². The molecule has 2 rings (SSSR count). The molecular weight excluding hydrogens is 210 g/mol. The first kappa shape index (κ1) is 11.6. The highest BCUT2D eigenvalue weighted by Gasteiger charge is 2.01. The van der Waals surface area contributed by atoms with E-state index in [1.807, 2.05) is 48.5 Å². The van der Waals surface area contributed by atoms with E-state index in [0.29, 0.717) is 0 Å². The quantitative estimate of drug-likeness (QED) is 0.462. The van der Waals surface area contributed by atoms with Crippen LogP contribution in [0.15, 0.2) is 43.0 Å². The van der Waals surface area contributed by atoms with E-state index in [9.17, 15) is 0 Å². The van der Waals surface area contributed by atoms with Crippen molar-refractivity contribution in [2.75, 3.05) is 5.73 Å². The van der Waals surface area contributed by atoms with Crippen molar-refractivity contribution in [3.8, 4) is 0 Å². The lowest BCUT2D eigenvalue weighted by atomic mass is 10.2. The largest absolute Gasteiger partial charge is 1.00 e. The summed E-state index contributed by atoms with van der Waals surface area (Å²) in [4.78, 5) is 0. The molecule has 0 radical (unpaired) electrons. The van der Waals surface area contributed by atoms with Gasteiger partial charge in [-0.1, -0.05) is 12.1 Å². The van der Waals surface area contributed by atoms with Crippen LogP contribution >= 0.6 is 0 Å². The molecule has 0 saturated carbocycles. The highest BCUT2D eigenvalue weighted by atomic mass is 35.5. The molecule has 4 heteroatoms. The summed E-state index contributed by atoms with van der Waals surface area (Å²) in [5.74, 6) is 0. The van der Waals surface area contributed by atoms with Gasteiger partial charge in [-0.25, -0.2) is 9.13 Å². The van der Waals surface area contributed by atoms with Gasteiger partial charge in [0.25, 0.3) is 0 Å². The van der Waals surface area contributed by atoms with Crippen LogP contribution in [-0.2, 0) is 13.6 Å². The van der Waals surface area contributed by atoms with Gasteiger partial charge in [-0.3, -0.25) is 0 Å². The monoisotopic (exact) mass is 223 g/mol. The summed E-state index contributed by atoms with van der Waals surface area (Å²) in [6.45, 7) is 0.867. The van der Waals surface area contributed by atoms with Crippen molar-refractivity contribution in [3.63, 3.8) is 0 Å². The van der Waals surface area contributed by atoms with Gasteiger partial charge in [0.2, 0.25) is 6.33 Å². The summed E-state index contributed by atoms with van der Waals surface area (Å²) >= 11 is 0. The molecule has 0 aliphatic heterocycles. The van der Waals surface area contributed by atoms with Crippen molar-refractivity contribution in [2.45, 2.75) is 6.54 Å². The fourth-order valence-electron chi connectivity index (χ4n) is 1.50. The predicted octanol–water partition coefficient (Wildman–Crippen LogP) is -2.05. The van der Waals surface area contributed by atoms with Crippen LogP contribution in [0.5, 0.6) is 0 Å². The van der Waals surface area contributed by atoms with Gasteiger partial charge in [-0.2, -0.15) is 0 Å². The fourth-order valence-corrected chi connectivity index (χ4v) is 1.50. The van der Waals surface area contributed by atoms with Crippen LogP contribution in [0.3, 0.4) is 0 Å². The van der Waals surface area contributed by atoms with Gasteiger partial charge in [-0.05, 0) is 17.7 Å². The van der Waals surface area contributed by atoms with E-state index in [1.165, 1.54) is 5.56 Å².